The van der Waals surface area contributed by atoms with Crippen LogP contribution in [-0.4, -0.2) is 25.2 Å². The molecule has 0 N–H and O–H groups in total. The largest absolute Gasteiger partial charge is 0.465 e. The van der Waals surface area contributed by atoms with Gasteiger partial charge in [-0.25, -0.2) is 0 Å². The van der Waals surface area contributed by atoms with E-state index < -0.39 is 0 Å². The standard InChI is InChI=1S/C18H34O4/c1-4-6-8-10-12-17(19)21-14-16(3)15-22-18(20)13-11-9-7-5-2/h16H,4-15H2,1-3H3. The highest BCUT2D eigenvalue weighted by Crippen LogP contribution is 2.07. The number of unbranched alkanes of at least 4 members (excludes halogenated alkanes) is 6. The Balaban J connectivity index is 3.53. The molecule has 130 valence electrons. The molecular formula is C18H34O4. The first-order valence-corrected chi connectivity index (χ1v) is 8.91. The first-order chi connectivity index (χ1) is 10.6. The average Bonchev–Trinajstić information content (AvgIpc) is 2.51. The zero-order valence-electron chi connectivity index (χ0n) is 14.7. The number of rotatable bonds is 14. The SMILES string of the molecule is CCCCCCC(=O)OCC(C)COC(=O)CCCCCC. The molecule has 0 aliphatic rings. The molecule has 0 aliphatic carbocycles. The van der Waals surface area contributed by atoms with E-state index >= 15 is 0 Å². The molecule has 0 aliphatic heterocycles. The highest BCUT2D eigenvalue weighted by molar-refractivity contribution is 5.69. The second kappa shape index (κ2) is 14.9. The van der Waals surface area contributed by atoms with E-state index in [1.165, 1.54) is 0 Å². The second-order valence-corrected chi connectivity index (χ2v) is 6.09. The summed E-state index contributed by atoms with van der Waals surface area (Å²) in [4.78, 5) is 23.0. The van der Waals surface area contributed by atoms with Crippen LogP contribution in [0.1, 0.15) is 85.0 Å². The molecule has 4 nitrogen and oxygen atoms in total. The predicted molar refractivity (Wildman–Crippen MR) is 88.6 cm³/mol. The number of esters is 2. The van der Waals surface area contributed by atoms with Gasteiger partial charge in [-0.2, -0.15) is 0 Å². The Morgan fingerprint density at radius 2 is 1.14 bits per heavy atom. The third kappa shape index (κ3) is 13.9. The van der Waals surface area contributed by atoms with Crippen LogP contribution in [0.4, 0.5) is 0 Å². The van der Waals surface area contributed by atoms with Crippen LogP contribution in [0.25, 0.3) is 0 Å². The van der Waals surface area contributed by atoms with E-state index in [9.17, 15) is 9.59 Å². The molecule has 0 atom stereocenters. The lowest BCUT2D eigenvalue weighted by Crippen LogP contribution is -2.18. The minimum absolute atomic E-state index is 0.0548. The third-order valence-electron chi connectivity index (χ3n) is 3.53. The first kappa shape index (κ1) is 20.9. The Morgan fingerprint density at radius 1 is 0.727 bits per heavy atom. The Kier molecular flexibility index (Phi) is 14.1. The maximum absolute atomic E-state index is 11.5. The van der Waals surface area contributed by atoms with Gasteiger partial charge >= 0.3 is 11.9 Å². The summed E-state index contributed by atoms with van der Waals surface area (Å²) in [7, 11) is 0. The molecule has 0 aromatic carbocycles. The minimum atomic E-state index is -0.145. The van der Waals surface area contributed by atoms with Crippen molar-refractivity contribution in [1.82, 2.24) is 0 Å². The molecule has 0 heterocycles. The third-order valence-corrected chi connectivity index (χ3v) is 3.53. The van der Waals surface area contributed by atoms with E-state index in [0.29, 0.717) is 26.1 Å². The number of ether oxygens (including phenoxy) is 2. The summed E-state index contributed by atoms with van der Waals surface area (Å²) in [6.07, 6.45) is 9.59. The Hall–Kier alpha value is -1.06. The van der Waals surface area contributed by atoms with Gasteiger partial charge in [0.1, 0.15) is 0 Å². The predicted octanol–water partition coefficient (Wildman–Crippen LogP) is 4.65. The van der Waals surface area contributed by atoms with E-state index in [1.54, 1.807) is 0 Å². The van der Waals surface area contributed by atoms with Crippen LogP contribution < -0.4 is 0 Å². The fraction of sp³-hybridized carbons (Fsp3) is 0.889. The Labute approximate surface area is 135 Å². The molecular weight excluding hydrogens is 280 g/mol. The highest BCUT2D eigenvalue weighted by Gasteiger charge is 2.10. The topological polar surface area (TPSA) is 52.6 Å². The van der Waals surface area contributed by atoms with E-state index in [0.717, 1.165) is 51.4 Å². The fourth-order valence-corrected chi connectivity index (χ4v) is 2.06. The van der Waals surface area contributed by atoms with Crippen LogP contribution >= 0.6 is 0 Å². The molecule has 0 spiro atoms. The zero-order chi connectivity index (χ0) is 16.6. The Morgan fingerprint density at radius 3 is 1.50 bits per heavy atom. The van der Waals surface area contributed by atoms with Crippen molar-refractivity contribution in [2.45, 2.75) is 85.0 Å². The zero-order valence-corrected chi connectivity index (χ0v) is 14.7. The molecule has 0 fully saturated rings. The van der Waals surface area contributed by atoms with E-state index in [4.69, 9.17) is 9.47 Å². The van der Waals surface area contributed by atoms with Gasteiger partial charge in [0.15, 0.2) is 0 Å². The number of carbonyl (C=O) groups is 2. The summed E-state index contributed by atoms with van der Waals surface area (Å²) < 4.78 is 10.4. The van der Waals surface area contributed by atoms with Gasteiger partial charge in [-0.1, -0.05) is 59.3 Å². The van der Waals surface area contributed by atoms with Crippen LogP contribution in [0.5, 0.6) is 0 Å². The monoisotopic (exact) mass is 314 g/mol. The van der Waals surface area contributed by atoms with Crippen molar-refractivity contribution in [2.24, 2.45) is 5.92 Å². The molecule has 0 saturated heterocycles. The summed E-state index contributed by atoms with van der Waals surface area (Å²) in [6.45, 7) is 6.87. The summed E-state index contributed by atoms with van der Waals surface area (Å²) in [5.74, 6) is -0.234. The van der Waals surface area contributed by atoms with Gasteiger partial charge in [-0.15, -0.1) is 0 Å². The van der Waals surface area contributed by atoms with Crippen molar-refractivity contribution in [3.8, 4) is 0 Å². The fourth-order valence-electron chi connectivity index (χ4n) is 2.06. The molecule has 0 unspecified atom stereocenters. The van der Waals surface area contributed by atoms with Crippen LogP contribution in [0.2, 0.25) is 0 Å². The number of hydrogen-bond acceptors (Lipinski definition) is 4. The van der Waals surface area contributed by atoms with Gasteiger partial charge in [-0.3, -0.25) is 9.59 Å². The van der Waals surface area contributed by atoms with E-state index in [2.05, 4.69) is 13.8 Å². The highest BCUT2D eigenvalue weighted by atomic mass is 16.5. The van der Waals surface area contributed by atoms with Gasteiger partial charge in [0.05, 0.1) is 13.2 Å². The van der Waals surface area contributed by atoms with Gasteiger partial charge in [-0.05, 0) is 12.8 Å². The van der Waals surface area contributed by atoms with Gasteiger partial charge in [0.25, 0.3) is 0 Å². The lowest BCUT2D eigenvalue weighted by molar-refractivity contribution is -0.148. The maximum Gasteiger partial charge on any atom is 0.305 e. The quantitative estimate of drug-likeness (QED) is 0.346. The molecule has 0 bridgehead atoms. The summed E-state index contributed by atoms with van der Waals surface area (Å²) in [6, 6.07) is 0. The first-order valence-electron chi connectivity index (χ1n) is 8.91. The molecule has 0 saturated carbocycles. The van der Waals surface area contributed by atoms with Gasteiger partial charge in [0.2, 0.25) is 0 Å². The molecule has 0 aromatic heterocycles. The number of hydrogen-bond donors (Lipinski definition) is 0. The molecule has 4 heteroatoms. The minimum Gasteiger partial charge on any atom is -0.465 e. The van der Waals surface area contributed by atoms with Crippen LogP contribution in [-0.2, 0) is 19.1 Å². The molecule has 0 rings (SSSR count). The van der Waals surface area contributed by atoms with Crippen LogP contribution in [0.15, 0.2) is 0 Å². The van der Waals surface area contributed by atoms with E-state index in [-0.39, 0.29) is 17.9 Å². The average molecular weight is 314 g/mol. The van der Waals surface area contributed by atoms with Crippen molar-refractivity contribution >= 4 is 11.9 Å². The molecule has 0 radical (unpaired) electrons. The molecule has 0 amide bonds. The molecule has 22 heavy (non-hydrogen) atoms. The van der Waals surface area contributed by atoms with Gasteiger partial charge in [0, 0.05) is 18.8 Å². The van der Waals surface area contributed by atoms with Crippen molar-refractivity contribution in [3.63, 3.8) is 0 Å². The Bertz CT molecular complexity index is 261. The number of carbonyl (C=O) groups excluding carboxylic acids is 2. The lowest BCUT2D eigenvalue weighted by Gasteiger charge is -2.12. The molecule has 0 aromatic rings. The van der Waals surface area contributed by atoms with Crippen molar-refractivity contribution < 1.29 is 19.1 Å². The smallest absolute Gasteiger partial charge is 0.305 e. The summed E-state index contributed by atoms with van der Waals surface area (Å²) in [5, 5.41) is 0. The van der Waals surface area contributed by atoms with Crippen LogP contribution in [0.3, 0.4) is 0 Å². The summed E-state index contributed by atoms with van der Waals surface area (Å²) in [5.41, 5.74) is 0. The van der Waals surface area contributed by atoms with Crippen molar-refractivity contribution in [3.05, 3.63) is 0 Å². The van der Waals surface area contributed by atoms with Crippen molar-refractivity contribution in [2.75, 3.05) is 13.2 Å². The van der Waals surface area contributed by atoms with E-state index in [1.807, 2.05) is 6.92 Å². The second-order valence-electron chi connectivity index (χ2n) is 6.09. The maximum atomic E-state index is 11.5. The summed E-state index contributed by atoms with van der Waals surface area (Å²) >= 11 is 0. The normalized spacial score (nSPS) is 10.7. The lowest BCUT2D eigenvalue weighted by atomic mass is 10.1. The van der Waals surface area contributed by atoms with Crippen molar-refractivity contribution in [1.29, 1.82) is 0 Å². The van der Waals surface area contributed by atoms with Crippen LogP contribution in [0, 0.1) is 5.92 Å². The van der Waals surface area contributed by atoms with Gasteiger partial charge < -0.3 is 9.47 Å².